The van der Waals surface area contributed by atoms with Gasteiger partial charge in [0.05, 0.1) is 53.0 Å². The highest BCUT2D eigenvalue weighted by Gasteiger charge is 2.40. The third-order valence-corrected chi connectivity index (χ3v) is 13.2. The largest absolute Gasteiger partial charge is 0.491 e. The first-order valence-corrected chi connectivity index (χ1v) is 23.3. The minimum Gasteiger partial charge on any atom is -0.491 e. The van der Waals surface area contributed by atoms with Crippen LogP contribution in [-0.4, -0.2) is 123 Å². The van der Waals surface area contributed by atoms with E-state index in [1.165, 1.54) is 36.4 Å². The van der Waals surface area contributed by atoms with Crippen molar-refractivity contribution in [2.75, 3.05) is 39.5 Å². The average molecular weight is 1000 g/mol. The molecule has 9 rings (SSSR count). The van der Waals surface area contributed by atoms with E-state index in [9.17, 15) is 44.1 Å². The smallest absolute Gasteiger partial charge is 0.261 e. The number of benzene rings is 6. The molecule has 0 bridgehead atoms. The maximum Gasteiger partial charge on any atom is 0.261 e. The lowest BCUT2D eigenvalue weighted by molar-refractivity contribution is 0.0449. The number of β-amino-alcohol motifs (C(OH)–C–C–N with tert-alkyl or cyclic N) is 3. The number of nitrogens with zero attached hydrogens (tertiary/aromatic N) is 3. The van der Waals surface area contributed by atoms with Gasteiger partial charge < -0.3 is 29.5 Å². The van der Waals surface area contributed by atoms with Gasteiger partial charge in [0, 0.05) is 22.1 Å². The second kappa shape index (κ2) is 21.4. The molecule has 15 nitrogen and oxygen atoms in total. The fourth-order valence-electron chi connectivity index (χ4n) is 9.16. The van der Waals surface area contributed by atoms with Gasteiger partial charge in [0.25, 0.3) is 35.4 Å². The molecular formula is C60H49N3O12. The van der Waals surface area contributed by atoms with Gasteiger partial charge in [-0.15, -0.1) is 19.3 Å². The number of rotatable bonds is 18. The molecule has 3 atom stereocenters. The summed E-state index contributed by atoms with van der Waals surface area (Å²) in [5, 5.41) is 32.7. The van der Waals surface area contributed by atoms with E-state index in [1.54, 1.807) is 54.6 Å². The third-order valence-electron chi connectivity index (χ3n) is 13.2. The molecule has 15 heteroatoms. The molecule has 0 saturated heterocycles. The van der Waals surface area contributed by atoms with E-state index in [2.05, 4.69) is 17.8 Å². The third kappa shape index (κ3) is 10.1. The summed E-state index contributed by atoms with van der Waals surface area (Å²) in [6.45, 7) is 0.410. The fraction of sp³-hybridized carbons (Fsp3) is 0.200. The number of fused-ring (bicyclic) bond motifs is 3. The van der Waals surface area contributed by atoms with Crippen molar-refractivity contribution in [3.8, 4) is 54.3 Å². The van der Waals surface area contributed by atoms with Crippen LogP contribution in [0, 0.1) is 37.0 Å². The average Bonchev–Trinajstić information content (AvgIpc) is 3.91. The maximum absolute atomic E-state index is 13.1. The first-order valence-electron chi connectivity index (χ1n) is 23.3. The Kier molecular flexibility index (Phi) is 14.9. The van der Waals surface area contributed by atoms with Crippen molar-refractivity contribution >= 4 is 35.4 Å². The Balaban J connectivity index is 0.00000747. The standard InChI is InChI=1S/C59H45N3O12.CH4/c1-5-35-8-23-47-50(26-35)56(69)60(53(47)66)29-41(63)32-72-44-17-11-38(12-18-44)59(4,39-13-19-45(20-14-39)73-33-42(64)30-61-54(67)48-24-9-36(6-2)27-51(48)57(61)70)40-15-21-46(22-16-40)74-34-43(65)31-62-55(68)49-25-10-37(7-3)28-52(49)58(62)71;/h1-3,8-28,41-43,63-65H,29-34H2,4H3;1H4. The van der Waals surface area contributed by atoms with Gasteiger partial charge in [0.15, 0.2) is 0 Å². The second-order valence-corrected chi connectivity index (χ2v) is 18.0. The van der Waals surface area contributed by atoms with Crippen molar-refractivity contribution < 1.29 is 58.3 Å². The van der Waals surface area contributed by atoms with Crippen molar-refractivity contribution in [3.05, 3.63) is 194 Å². The van der Waals surface area contributed by atoms with Crippen LogP contribution >= 0.6 is 0 Å². The van der Waals surface area contributed by atoms with E-state index in [0.29, 0.717) is 33.9 Å². The van der Waals surface area contributed by atoms with Crippen LogP contribution < -0.4 is 14.2 Å². The first-order chi connectivity index (χ1) is 35.6. The van der Waals surface area contributed by atoms with Crippen molar-refractivity contribution in [2.24, 2.45) is 0 Å². The summed E-state index contributed by atoms with van der Waals surface area (Å²) in [7, 11) is 0. The molecule has 0 aliphatic carbocycles. The molecule has 6 aromatic rings. The minimum absolute atomic E-state index is 0. The molecule has 0 fully saturated rings. The van der Waals surface area contributed by atoms with Gasteiger partial charge in [-0.3, -0.25) is 43.5 Å². The zero-order valence-corrected chi connectivity index (χ0v) is 39.7. The Morgan fingerprint density at radius 3 is 0.893 bits per heavy atom. The molecule has 3 aliphatic rings. The summed E-state index contributed by atoms with van der Waals surface area (Å²) in [5.74, 6) is 5.28. The van der Waals surface area contributed by atoms with E-state index in [4.69, 9.17) is 33.5 Å². The lowest BCUT2D eigenvalue weighted by Crippen LogP contribution is -2.39. The number of aliphatic hydroxyl groups excluding tert-OH is 3. The lowest BCUT2D eigenvalue weighted by Gasteiger charge is -2.32. The number of carbonyl (C=O) groups excluding carboxylic acids is 6. The van der Waals surface area contributed by atoms with E-state index in [-0.39, 0.29) is 80.3 Å². The summed E-state index contributed by atoms with van der Waals surface area (Å²) >= 11 is 0. The fourth-order valence-corrected chi connectivity index (χ4v) is 9.16. The van der Waals surface area contributed by atoms with Gasteiger partial charge in [0.1, 0.15) is 55.4 Å². The molecule has 3 unspecified atom stereocenters. The SMILES string of the molecule is C.C#Cc1ccc2c(c1)C(=O)N(CC(O)COc1ccc(C(C)(c3ccc(OCC(O)CN4C(=O)c5ccc(C#C)cc5C4=O)cc3)c3ccc(OCC(O)CN4C(=O)c5ccc(C#C)cc5C4=O)cc3)cc1)C2=O. The lowest BCUT2D eigenvalue weighted by atomic mass is 9.71. The zero-order valence-electron chi connectivity index (χ0n) is 39.7. The Morgan fingerprint density at radius 2 is 0.653 bits per heavy atom. The van der Waals surface area contributed by atoms with Crippen molar-refractivity contribution in [1.82, 2.24) is 14.7 Å². The summed E-state index contributed by atoms with van der Waals surface area (Å²) in [6.07, 6.45) is 12.8. The Labute approximate surface area is 432 Å². The van der Waals surface area contributed by atoms with Gasteiger partial charge >= 0.3 is 0 Å². The Bertz CT molecular complexity index is 3040. The molecule has 3 heterocycles. The van der Waals surface area contributed by atoms with Gasteiger partial charge in [-0.2, -0.15) is 0 Å². The van der Waals surface area contributed by atoms with Gasteiger partial charge in [0.2, 0.25) is 0 Å². The predicted octanol–water partition coefficient (Wildman–Crippen LogP) is 5.73. The number of terminal acetylenes is 3. The number of ether oxygens (including phenoxy) is 3. The zero-order chi connectivity index (χ0) is 52.4. The summed E-state index contributed by atoms with van der Waals surface area (Å²) < 4.78 is 17.8. The maximum atomic E-state index is 13.1. The van der Waals surface area contributed by atoms with Crippen LogP contribution in [0.3, 0.4) is 0 Å². The molecular weight excluding hydrogens is 955 g/mol. The number of imide groups is 3. The molecule has 75 heavy (non-hydrogen) atoms. The molecule has 0 spiro atoms. The molecule has 376 valence electrons. The van der Waals surface area contributed by atoms with Crippen LogP contribution in [0.2, 0.25) is 0 Å². The van der Waals surface area contributed by atoms with Crippen LogP contribution in [-0.2, 0) is 5.41 Å². The molecule has 0 aromatic heterocycles. The molecule has 0 saturated carbocycles. The Hall–Kier alpha value is -9.30. The number of amides is 6. The first kappa shape index (κ1) is 52.0. The highest BCUT2D eigenvalue weighted by Crippen LogP contribution is 2.41. The van der Waals surface area contributed by atoms with Crippen molar-refractivity contribution in [3.63, 3.8) is 0 Å². The van der Waals surface area contributed by atoms with Crippen molar-refractivity contribution in [1.29, 1.82) is 0 Å². The summed E-state index contributed by atoms with van der Waals surface area (Å²) in [5.41, 5.74) is 4.07. The van der Waals surface area contributed by atoms with E-state index in [1.807, 2.05) is 43.3 Å². The molecule has 3 N–H and O–H groups in total. The van der Waals surface area contributed by atoms with E-state index in [0.717, 1.165) is 31.4 Å². The van der Waals surface area contributed by atoms with Crippen LogP contribution in [0.4, 0.5) is 0 Å². The van der Waals surface area contributed by atoms with Crippen molar-refractivity contribution in [2.45, 2.75) is 38.1 Å². The van der Waals surface area contributed by atoms with Crippen LogP contribution in [0.1, 0.15) is 110 Å². The van der Waals surface area contributed by atoms with E-state index >= 15 is 0 Å². The normalized spacial score (nSPS) is 15.4. The van der Waals surface area contributed by atoms with E-state index < -0.39 is 59.2 Å². The molecule has 6 amide bonds. The molecule has 0 radical (unpaired) electrons. The van der Waals surface area contributed by atoms with Gasteiger partial charge in [-0.05, 0) is 115 Å². The number of hydrogen-bond acceptors (Lipinski definition) is 12. The minimum atomic E-state index is -1.21. The quantitative estimate of drug-likeness (QED) is 0.0538. The number of carbonyl (C=O) groups is 6. The van der Waals surface area contributed by atoms with Gasteiger partial charge in [-0.1, -0.05) is 61.6 Å². The van der Waals surface area contributed by atoms with Crippen LogP contribution in [0.15, 0.2) is 127 Å². The molecule has 6 aromatic carbocycles. The molecule has 3 aliphatic heterocycles. The van der Waals surface area contributed by atoms with Gasteiger partial charge in [-0.25, -0.2) is 0 Å². The van der Waals surface area contributed by atoms with Crippen LogP contribution in [0.5, 0.6) is 17.2 Å². The monoisotopic (exact) mass is 1000 g/mol. The second-order valence-electron chi connectivity index (χ2n) is 18.0. The number of hydrogen-bond donors (Lipinski definition) is 3. The topological polar surface area (TPSA) is 201 Å². The number of aliphatic hydroxyl groups is 3. The Morgan fingerprint density at radius 1 is 0.413 bits per heavy atom. The predicted molar refractivity (Wildman–Crippen MR) is 275 cm³/mol. The van der Waals surface area contributed by atoms with Crippen LogP contribution in [0.25, 0.3) is 0 Å². The summed E-state index contributed by atoms with van der Waals surface area (Å²) in [6, 6.07) is 35.1. The highest BCUT2D eigenvalue weighted by atomic mass is 16.5. The summed E-state index contributed by atoms with van der Waals surface area (Å²) in [4.78, 5) is 81.1. The highest BCUT2D eigenvalue weighted by molar-refractivity contribution is 6.23.